The molecule has 0 unspecified atom stereocenters. The van der Waals surface area contributed by atoms with Gasteiger partial charge in [0.25, 0.3) is 0 Å². The average Bonchev–Trinajstić information content (AvgIpc) is 2.33. The van der Waals surface area contributed by atoms with E-state index in [9.17, 15) is 8.42 Å². The molecule has 0 saturated heterocycles. The lowest BCUT2D eigenvalue weighted by Crippen LogP contribution is -2.33. The largest absolute Gasteiger partial charge is 0.330 e. The van der Waals surface area contributed by atoms with Gasteiger partial charge in [-0.3, -0.25) is 4.90 Å². The molecule has 0 spiro atoms. The summed E-state index contributed by atoms with van der Waals surface area (Å²) in [5.74, 6) is -0.0234. The number of nitrogens with two attached hydrogens (primary N) is 2. The highest BCUT2D eigenvalue weighted by molar-refractivity contribution is 7.89. The zero-order chi connectivity index (χ0) is 13.4. The summed E-state index contributed by atoms with van der Waals surface area (Å²) in [5, 5.41) is 5.03. The molecule has 0 amide bonds. The molecule has 1 aromatic carbocycles. The third kappa shape index (κ3) is 6.70. The Morgan fingerprint density at radius 3 is 2.33 bits per heavy atom. The summed E-state index contributed by atoms with van der Waals surface area (Å²) >= 11 is 0. The van der Waals surface area contributed by atoms with Crippen LogP contribution in [0, 0.1) is 0 Å². The Balaban J connectivity index is 2.55. The highest BCUT2D eigenvalue weighted by Crippen LogP contribution is 2.05. The number of hydrogen-bond acceptors (Lipinski definition) is 4. The van der Waals surface area contributed by atoms with Crippen LogP contribution in [0.15, 0.2) is 30.3 Å². The van der Waals surface area contributed by atoms with Crippen molar-refractivity contribution in [3.63, 3.8) is 0 Å². The molecule has 1 rings (SSSR count). The summed E-state index contributed by atoms with van der Waals surface area (Å²) in [7, 11) is -3.41. The Labute approximate surface area is 109 Å². The molecule has 0 saturated carbocycles. The third-order valence-electron chi connectivity index (χ3n) is 2.62. The van der Waals surface area contributed by atoms with E-state index in [1.54, 1.807) is 0 Å². The number of rotatable bonds is 8. The molecular weight excluding hydrogens is 250 g/mol. The molecule has 1 aromatic rings. The molecule has 5 nitrogen and oxygen atoms in total. The molecule has 0 atom stereocenters. The maximum atomic E-state index is 11.0. The second-order valence-corrected chi connectivity index (χ2v) is 6.00. The highest BCUT2D eigenvalue weighted by Gasteiger charge is 2.09. The standard InChI is InChI=1S/C12H21N3O2S/c13-7-4-8-15(9-10-18(14,16)17)11-12-5-2-1-3-6-12/h1-3,5-6H,4,7-11,13H2,(H2,14,16,17). The molecule has 6 heteroatoms. The van der Waals surface area contributed by atoms with Gasteiger partial charge in [0.2, 0.25) is 10.0 Å². The van der Waals surface area contributed by atoms with Crippen LogP contribution in [0.3, 0.4) is 0 Å². The Bertz CT molecular complexity index is 434. The predicted octanol–water partition coefficient (Wildman–Crippen LogP) is 0.126. The Hall–Kier alpha value is -0.950. The molecule has 102 valence electrons. The fraction of sp³-hybridized carbons (Fsp3) is 0.500. The smallest absolute Gasteiger partial charge is 0.210 e. The quantitative estimate of drug-likeness (QED) is 0.703. The number of primary sulfonamides is 1. The van der Waals surface area contributed by atoms with E-state index in [0.717, 1.165) is 25.1 Å². The van der Waals surface area contributed by atoms with Gasteiger partial charge >= 0.3 is 0 Å². The van der Waals surface area contributed by atoms with Gasteiger partial charge in [-0.2, -0.15) is 0 Å². The van der Waals surface area contributed by atoms with Gasteiger partial charge in [0.05, 0.1) is 5.75 Å². The van der Waals surface area contributed by atoms with Crippen LogP contribution in [0.1, 0.15) is 12.0 Å². The van der Waals surface area contributed by atoms with Crippen LogP contribution in [0.5, 0.6) is 0 Å². The second-order valence-electron chi connectivity index (χ2n) is 4.27. The molecule has 0 radical (unpaired) electrons. The SMILES string of the molecule is NCCCN(CCS(N)(=O)=O)Cc1ccccc1. The summed E-state index contributed by atoms with van der Waals surface area (Å²) in [5.41, 5.74) is 6.64. The van der Waals surface area contributed by atoms with Gasteiger partial charge in [-0.05, 0) is 25.1 Å². The minimum Gasteiger partial charge on any atom is -0.330 e. The average molecular weight is 271 g/mol. The fourth-order valence-corrected chi connectivity index (χ4v) is 2.20. The number of nitrogens with zero attached hydrogens (tertiary/aromatic N) is 1. The van der Waals surface area contributed by atoms with Crippen LogP contribution in [-0.4, -0.2) is 38.7 Å². The molecule has 0 fully saturated rings. The van der Waals surface area contributed by atoms with Gasteiger partial charge in [-0.1, -0.05) is 30.3 Å². The van der Waals surface area contributed by atoms with E-state index < -0.39 is 10.0 Å². The Morgan fingerprint density at radius 1 is 1.11 bits per heavy atom. The van der Waals surface area contributed by atoms with Crippen molar-refractivity contribution in [2.45, 2.75) is 13.0 Å². The van der Waals surface area contributed by atoms with Crippen molar-refractivity contribution in [2.75, 3.05) is 25.4 Å². The van der Waals surface area contributed by atoms with Gasteiger partial charge in [-0.25, -0.2) is 13.6 Å². The van der Waals surface area contributed by atoms with Gasteiger partial charge < -0.3 is 5.73 Å². The second kappa shape index (κ2) is 7.48. The molecular formula is C12H21N3O2S. The topological polar surface area (TPSA) is 89.4 Å². The lowest BCUT2D eigenvalue weighted by Gasteiger charge is -2.21. The van der Waals surface area contributed by atoms with Crippen molar-refractivity contribution in [1.29, 1.82) is 0 Å². The molecule has 0 heterocycles. The van der Waals surface area contributed by atoms with Crippen LogP contribution in [-0.2, 0) is 16.6 Å². The summed E-state index contributed by atoms with van der Waals surface area (Å²) in [6.07, 6.45) is 0.845. The van der Waals surface area contributed by atoms with E-state index in [-0.39, 0.29) is 5.75 Å². The molecule has 18 heavy (non-hydrogen) atoms. The Kier molecular flexibility index (Phi) is 6.28. The lowest BCUT2D eigenvalue weighted by molar-refractivity contribution is 0.279. The van der Waals surface area contributed by atoms with E-state index in [2.05, 4.69) is 4.90 Å². The van der Waals surface area contributed by atoms with Crippen molar-refractivity contribution in [2.24, 2.45) is 10.9 Å². The first kappa shape index (κ1) is 15.1. The summed E-state index contributed by atoms with van der Waals surface area (Å²) in [6, 6.07) is 9.93. The maximum Gasteiger partial charge on any atom is 0.210 e. The first-order valence-electron chi connectivity index (χ1n) is 5.98. The van der Waals surface area contributed by atoms with Gasteiger partial charge in [0.1, 0.15) is 0 Å². The number of benzene rings is 1. The fourth-order valence-electron chi connectivity index (χ4n) is 1.68. The zero-order valence-corrected chi connectivity index (χ0v) is 11.3. The van der Waals surface area contributed by atoms with E-state index >= 15 is 0 Å². The summed E-state index contributed by atoms with van der Waals surface area (Å²) in [6.45, 7) is 2.53. The van der Waals surface area contributed by atoms with E-state index in [4.69, 9.17) is 10.9 Å². The molecule has 0 aliphatic carbocycles. The van der Waals surface area contributed by atoms with Crippen molar-refractivity contribution in [1.82, 2.24) is 4.90 Å². The van der Waals surface area contributed by atoms with E-state index in [1.165, 1.54) is 0 Å². The molecule has 0 aliphatic rings. The van der Waals surface area contributed by atoms with Gasteiger partial charge in [0, 0.05) is 13.1 Å². The minimum atomic E-state index is -3.41. The normalized spacial score (nSPS) is 11.9. The molecule has 0 aliphatic heterocycles. The van der Waals surface area contributed by atoms with Crippen LogP contribution < -0.4 is 10.9 Å². The summed E-state index contributed by atoms with van der Waals surface area (Å²) in [4.78, 5) is 2.06. The van der Waals surface area contributed by atoms with Crippen molar-refractivity contribution in [3.05, 3.63) is 35.9 Å². The zero-order valence-electron chi connectivity index (χ0n) is 10.5. The predicted molar refractivity (Wildman–Crippen MR) is 73.4 cm³/mol. The van der Waals surface area contributed by atoms with Crippen LogP contribution in [0.2, 0.25) is 0 Å². The number of sulfonamides is 1. The van der Waals surface area contributed by atoms with Crippen molar-refractivity contribution >= 4 is 10.0 Å². The monoisotopic (exact) mass is 271 g/mol. The summed E-state index contributed by atoms with van der Waals surface area (Å²) < 4.78 is 22.0. The first-order chi connectivity index (χ1) is 8.51. The molecule has 0 bridgehead atoms. The van der Waals surface area contributed by atoms with Crippen LogP contribution in [0.4, 0.5) is 0 Å². The van der Waals surface area contributed by atoms with Crippen molar-refractivity contribution < 1.29 is 8.42 Å². The first-order valence-corrected chi connectivity index (χ1v) is 7.69. The van der Waals surface area contributed by atoms with E-state index in [1.807, 2.05) is 30.3 Å². The van der Waals surface area contributed by atoms with Gasteiger partial charge in [-0.15, -0.1) is 0 Å². The van der Waals surface area contributed by atoms with Crippen LogP contribution >= 0.6 is 0 Å². The Morgan fingerprint density at radius 2 is 1.78 bits per heavy atom. The van der Waals surface area contributed by atoms with Gasteiger partial charge in [0.15, 0.2) is 0 Å². The molecule has 4 N–H and O–H groups in total. The van der Waals surface area contributed by atoms with Crippen molar-refractivity contribution in [3.8, 4) is 0 Å². The number of hydrogen-bond donors (Lipinski definition) is 2. The highest BCUT2D eigenvalue weighted by atomic mass is 32.2. The third-order valence-corrected chi connectivity index (χ3v) is 3.37. The van der Waals surface area contributed by atoms with Crippen LogP contribution in [0.25, 0.3) is 0 Å². The minimum absolute atomic E-state index is 0.0234. The van der Waals surface area contributed by atoms with E-state index in [0.29, 0.717) is 13.1 Å². The lowest BCUT2D eigenvalue weighted by atomic mass is 10.2. The maximum absolute atomic E-state index is 11.0. The molecule has 0 aromatic heterocycles.